The van der Waals surface area contributed by atoms with E-state index in [0.717, 1.165) is 12.0 Å². The Morgan fingerprint density at radius 2 is 1.78 bits per heavy atom. The first-order valence-electron chi connectivity index (χ1n) is 7.55. The first-order valence-corrected chi connectivity index (χ1v) is 7.55. The third-order valence-electron chi connectivity index (χ3n) is 3.22. The number of benzene rings is 1. The van der Waals surface area contributed by atoms with Gasteiger partial charge >= 0.3 is 0 Å². The van der Waals surface area contributed by atoms with Crippen LogP contribution in [0.1, 0.15) is 26.7 Å². The van der Waals surface area contributed by atoms with Gasteiger partial charge in [-0.05, 0) is 6.42 Å². The molecule has 6 heteroatoms. The largest absolute Gasteiger partial charge is 0.345 e. The molecule has 0 saturated carbocycles. The highest BCUT2D eigenvalue weighted by Crippen LogP contribution is 2.15. The zero-order chi connectivity index (χ0) is 16.7. The van der Waals surface area contributed by atoms with Crippen LogP contribution in [0, 0.1) is 0 Å². The molecule has 2 N–H and O–H groups in total. The number of amides is 2. The summed E-state index contributed by atoms with van der Waals surface area (Å²) in [5, 5.41) is 5.38. The predicted octanol–water partition coefficient (Wildman–Crippen LogP) is 2.39. The van der Waals surface area contributed by atoms with Crippen molar-refractivity contribution in [1.82, 2.24) is 15.3 Å². The average Bonchev–Trinajstić information content (AvgIpc) is 2.55. The second-order valence-corrected chi connectivity index (χ2v) is 5.19. The maximum absolute atomic E-state index is 12.2. The van der Waals surface area contributed by atoms with Crippen molar-refractivity contribution in [3.05, 3.63) is 42.7 Å². The van der Waals surface area contributed by atoms with Crippen molar-refractivity contribution in [3.63, 3.8) is 0 Å². The zero-order valence-electron chi connectivity index (χ0n) is 13.2. The Bertz CT molecular complexity index is 656. The van der Waals surface area contributed by atoms with Gasteiger partial charge in [-0.3, -0.25) is 9.59 Å². The van der Waals surface area contributed by atoms with Crippen LogP contribution in [0.25, 0.3) is 11.4 Å². The SMILES string of the molecule is CCC[C@H](NC(C)=O)C(=O)Nc1cnc(-c2ccccc2)nc1. The fourth-order valence-electron chi connectivity index (χ4n) is 2.16. The molecule has 1 aromatic carbocycles. The summed E-state index contributed by atoms with van der Waals surface area (Å²) < 4.78 is 0. The van der Waals surface area contributed by atoms with E-state index in [0.29, 0.717) is 17.9 Å². The van der Waals surface area contributed by atoms with Crippen molar-refractivity contribution >= 4 is 17.5 Å². The standard InChI is InChI=1S/C17H20N4O2/c1-3-7-15(20-12(2)22)17(23)21-14-10-18-16(19-11-14)13-8-5-4-6-9-13/h4-6,8-11,15H,3,7H2,1-2H3,(H,20,22)(H,21,23)/t15-/m0/s1. The molecule has 0 unspecified atom stereocenters. The van der Waals surface area contributed by atoms with Crippen LogP contribution in [0.5, 0.6) is 0 Å². The van der Waals surface area contributed by atoms with Crippen LogP contribution in [-0.4, -0.2) is 27.8 Å². The molecule has 0 saturated heterocycles. The van der Waals surface area contributed by atoms with Crippen molar-refractivity contribution in [2.75, 3.05) is 5.32 Å². The molecule has 6 nitrogen and oxygen atoms in total. The Morgan fingerprint density at radius 1 is 1.13 bits per heavy atom. The Balaban J connectivity index is 2.04. The van der Waals surface area contributed by atoms with Crippen LogP contribution < -0.4 is 10.6 Å². The minimum Gasteiger partial charge on any atom is -0.345 e. The quantitative estimate of drug-likeness (QED) is 0.858. The summed E-state index contributed by atoms with van der Waals surface area (Å²) in [5.74, 6) is 0.1000. The molecule has 2 aromatic rings. The van der Waals surface area contributed by atoms with E-state index in [1.54, 1.807) is 12.4 Å². The predicted molar refractivity (Wildman–Crippen MR) is 88.6 cm³/mol. The van der Waals surface area contributed by atoms with Gasteiger partial charge in [0.2, 0.25) is 11.8 Å². The normalized spacial score (nSPS) is 11.6. The highest BCUT2D eigenvalue weighted by atomic mass is 16.2. The number of carbonyl (C=O) groups excluding carboxylic acids is 2. The molecule has 2 amide bonds. The molecule has 0 aliphatic heterocycles. The van der Waals surface area contributed by atoms with Gasteiger partial charge in [0.25, 0.3) is 0 Å². The molecule has 2 rings (SSSR count). The van der Waals surface area contributed by atoms with Gasteiger partial charge in [-0.15, -0.1) is 0 Å². The monoisotopic (exact) mass is 312 g/mol. The number of rotatable bonds is 6. The summed E-state index contributed by atoms with van der Waals surface area (Å²) in [6, 6.07) is 9.04. The molecule has 23 heavy (non-hydrogen) atoms. The molecule has 1 heterocycles. The van der Waals surface area contributed by atoms with Gasteiger partial charge < -0.3 is 10.6 Å². The summed E-state index contributed by atoms with van der Waals surface area (Å²) in [5.41, 5.74) is 1.41. The molecule has 0 radical (unpaired) electrons. The fourth-order valence-corrected chi connectivity index (χ4v) is 2.16. The van der Waals surface area contributed by atoms with Crippen LogP contribution in [0.15, 0.2) is 42.7 Å². The smallest absolute Gasteiger partial charge is 0.247 e. The lowest BCUT2D eigenvalue weighted by molar-refractivity contribution is -0.125. The van der Waals surface area contributed by atoms with E-state index < -0.39 is 6.04 Å². The summed E-state index contributed by atoms with van der Waals surface area (Å²) >= 11 is 0. The molecule has 1 aromatic heterocycles. The summed E-state index contributed by atoms with van der Waals surface area (Å²) in [7, 11) is 0. The Kier molecular flexibility index (Phi) is 5.80. The number of hydrogen-bond donors (Lipinski definition) is 2. The van der Waals surface area contributed by atoms with Crippen LogP contribution >= 0.6 is 0 Å². The minimum atomic E-state index is -0.550. The van der Waals surface area contributed by atoms with Crippen molar-refractivity contribution in [2.45, 2.75) is 32.7 Å². The van der Waals surface area contributed by atoms with Crippen LogP contribution in [-0.2, 0) is 9.59 Å². The highest BCUT2D eigenvalue weighted by molar-refractivity contribution is 5.96. The van der Waals surface area contributed by atoms with Crippen molar-refractivity contribution in [1.29, 1.82) is 0 Å². The highest BCUT2D eigenvalue weighted by Gasteiger charge is 2.18. The number of nitrogens with zero attached hydrogens (tertiary/aromatic N) is 2. The number of aromatic nitrogens is 2. The second kappa shape index (κ2) is 8.03. The molecule has 0 spiro atoms. The van der Waals surface area contributed by atoms with E-state index >= 15 is 0 Å². The van der Waals surface area contributed by atoms with Crippen LogP contribution in [0.2, 0.25) is 0 Å². The third-order valence-corrected chi connectivity index (χ3v) is 3.22. The van der Waals surface area contributed by atoms with Crippen molar-refractivity contribution < 1.29 is 9.59 Å². The first-order chi connectivity index (χ1) is 11.1. The lowest BCUT2D eigenvalue weighted by Crippen LogP contribution is -2.42. The second-order valence-electron chi connectivity index (χ2n) is 5.19. The molecule has 120 valence electrons. The number of carbonyl (C=O) groups is 2. The molecule has 1 atom stereocenters. The van der Waals surface area contributed by atoms with E-state index in [-0.39, 0.29) is 11.8 Å². The fraction of sp³-hybridized carbons (Fsp3) is 0.294. The average molecular weight is 312 g/mol. The van der Waals surface area contributed by atoms with E-state index in [9.17, 15) is 9.59 Å². The number of hydrogen-bond acceptors (Lipinski definition) is 4. The summed E-state index contributed by atoms with van der Waals surface area (Å²) in [6.45, 7) is 3.35. The molecule has 0 aliphatic carbocycles. The van der Waals surface area contributed by atoms with Gasteiger partial charge in [0, 0.05) is 12.5 Å². The lowest BCUT2D eigenvalue weighted by atomic mass is 10.1. The van der Waals surface area contributed by atoms with E-state index in [4.69, 9.17) is 0 Å². The van der Waals surface area contributed by atoms with Gasteiger partial charge in [0.05, 0.1) is 18.1 Å². The molecular formula is C17H20N4O2. The van der Waals surface area contributed by atoms with Gasteiger partial charge in [0.1, 0.15) is 6.04 Å². The van der Waals surface area contributed by atoms with Gasteiger partial charge in [-0.25, -0.2) is 9.97 Å². The van der Waals surface area contributed by atoms with Crippen molar-refractivity contribution in [3.8, 4) is 11.4 Å². The minimum absolute atomic E-state index is 0.228. The topological polar surface area (TPSA) is 84.0 Å². The Morgan fingerprint density at radius 3 is 2.35 bits per heavy atom. The summed E-state index contributed by atoms with van der Waals surface area (Å²) in [6.07, 6.45) is 4.49. The molecular weight excluding hydrogens is 292 g/mol. The maximum atomic E-state index is 12.2. The molecule has 0 bridgehead atoms. The van der Waals surface area contributed by atoms with Gasteiger partial charge in [0.15, 0.2) is 5.82 Å². The number of nitrogens with one attached hydrogen (secondary N) is 2. The van der Waals surface area contributed by atoms with Crippen LogP contribution in [0.3, 0.4) is 0 Å². The molecule has 0 aliphatic rings. The lowest BCUT2D eigenvalue weighted by Gasteiger charge is -2.16. The van der Waals surface area contributed by atoms with Crippen LogP contribution in [0.4, 0.5) is 5.69 Å². The van der Waals surface area contributed by atoms with E-state index in [1.165, 1.54) is 6.92 Å². The van der Waals surface area contributed by atoms with Crippen molar-refractivity contribution in [2.24, 2.45) is 0 Å². The molecule has 0 fully saturated rings. The van der Waals surface area contributed by atoms with E-state index in [2.05, 4.69) is 20.6 Å². The first kappa shape index (κ1) is 16.6. The third kappa shape index (κ3) is 4.88. The Hall–Kier alpha value is -2.76. The number of anilines is 1. The zero-order valence-corrected chi connectivity index (χ0v) is 13.2. The van der Waals surface area contributed by atoms with E-state index in [1.807, 2.05) is 37.3 Å². The summed E-state index contributed by atoms with van der Waals surface area (Å²) in [4.78, 5) is 31.9. The maximum Gasteiger partial charge on any atom is 0.247 e. The Labute approximate surface area is 135 Å². The van der Waals surface area contributed by atoms with Gasteiger partial charge in [-0.2, -0.15) is 0 Å². The van der Waals surface area contributed by atoms with Gasteiger partial charge in [-0.1, -0.05) is 43.7 Å².